The molecule has 192 valence electrons. The zero-order valence-corrected chi connectivity index (χ0v) is 22.2. The summed E-state index contributed by atoms with van der Waals surface area (Å²) in [5, 5.41) is 3.61. The summed E-state index contributed by atoms with van der Waals surface area (Å²) in [4.78, 5) is 21.5. The number of halogens is 1. The number of amides is 1. The number of ether oxygens (including phenoxy) is 3. The summed E-state index contributed by atoms with van der Waals surface area (Å²) in [7, 11) is 0.357. The Labute approximate surface area is 211 Å². The highest BCUT2D eigenvalue weighted by atomic mass is 28.3. The monoisotopic (exact) mass is 512 g/mol. The highest BCUT2D eigenvalue weighted by molar-refractivity contribution is 6.76. The van der Waals surface area contributed by atoms with Gasteiger partial charge in [0.1, 0.15) is 30.1 Å². The number of hydrogen-bond donors (Lipinski definition) is 1. The van der Waals surface area contributed by atoms with E-state index in [4.69, 9.17) is 19.2 Å². The fourth-order valence-electron chi connectivity index (χ4n) is 4.02. The van der Waals surface area contributed by atoms with Crippen molar-refractivity contribution >= 4 is 30.8 Å². The molecule has 1 amide bonds. The van der Waals surface area contributed by atoms with Gasteiger partial charge >= 0.3 is 0 Å². The number of fused-ring (bicyclic) bond motifs is 1. The van der Waals surface area contributed by atoms with Crippen LogP contribution < -0.4 is 14.8 Å². The normalized spacial score (nSPS) is 19.4. The number of rotatable bonds is 11. The number of aromatic nitrogens is 3. The largest absolute Gasteiger partial charge is 0.490 e. The van der Waals surface area contributed by atoms with E-state index in [1.807, 2.05) is 22.9 Å². The van der Waals surface area contributed by atoms with Crippen LogP contribution in [0.3, 0.4) is 0 Å². The highest BCUT2D eigenvalue weighted by Crippen LogP contribution is 2.43. The number of nitrogens with zero attached hydrogens (tertiary/aromatic N) is 3. The number of pyridine rings is 2. The van der Waals surface area contributed by atoms with E-state index in [0.717, 1.165) is 35.4 Å². The fourth-order valence-corrected chi connectivity index (χ4v) is 4.78. The minimum absolute atomic E-state index is 0.204. The Morgan fingerprint density at radius 2 is 2.03 bits per heavy atom. The molecular weight excluding hydrogens is 479 g/mol. The second-order valence-corrected chi connectivity index (χ2v) is 16.4. The molecule has 1 N–H and O–H groups in total. The Hall–Kier alpha value is -2.98. The summed E-state index contributed by atoms with van der Waals surface area (Å²) in [6.07, 6.45) is 5.12. The van der Waals surface area contributed by atoms with Crippen molar-refractivity contribution in [1.29, 1.82) is 0 Å². The molecule has 0 saturated heterocycles. The summed E-state index contributed by atoms with van der Waals surface area (Å²) in [6, 6.07) is 6.54. The SMILES string of the molecule is COc1nccc(OC2CC2)c1-c1cn(COCC[Si](C)(C)C)c2nc(NC(=O)C3CC3F)ccc12. The first kappa shape index (κ1) is 24.7. The van der Waals surface area contributed by atoms with E-state index in [0.29, 0.717) is 36.4 Å². The smallest absolute Gasteiger partial charge is 0.231 e. The van der Waals surface area contributed by atoms with Gasteiger partial charge in [-0.2, -0.15) is 0 Å². The molecule has 3 heterocycles. The summed E-state index contributed by atoms with van der Waals surface area (Å²) in [5.74, 6) is 0.631. The highest BCUT2D eigenvalue weighted by Gasteiger charge is 2.43. The van der Waals surface area contributed by atoms with Crippen molar-refractivity contribution in [2.75, 3.05) is 19.0 Å². The molecule has 0 aliphatic heterocycles. The standard InChI is InChI=1S/C26H33FN4O4Si/c1-33-26-23(21(9-10-28-26)35-16-5-6-16)19-14-31(15-34-11-12-36(2,3)4)24-17(19)7-8-22(29-24)30-25(32)18-13-20(18)27/h7-10,14,16,18,20H,5-6,11-13,15H2,1-4H3,(H,29,30,32). The minimum Gasteiger partial charge on any atom is -0.490 e. The number of anilines is 1. The number of hydrogen-bond acceptors (Lipinski definition) is 6. The van der Waals surface area contributed by atoms with Gasteiger partial charge in [0.2, 0.25) is 11.8 Å². The van der Waals surface area contributed by atoms with Crippen LogP contribution in [-0.2, 0) is 16.3 Å². The predicted molar refractivity (Wildman–Crippen MR) is 139 cm³/mol. The van der Waals surface area contributed by atoms with Crippen LogP contribution in [0.1, 0.15) is 19.3 Å². The van der Waals surface area contributed by atoms with Gasteiger partial charge in [-0.05, 0) is 43.5 Å². The summed E-state index contributed by atoms with van der Waals surface area (Å²) in [6.45, 7) is 7.91. The number of nitrogens with one attached hydrogen (secondary N) is 1. The Morgan fingerprint density at radius 3 is 2.69 bits per heavy atom. The molecule has 0 bridgehead atoms. The van der Waals surface area contributed by atoms with Crippen LogP contribution in [0.5, 0.6) is 11.6 Å². The van der Waals surface area contributed by atoms with Gasteiger partial charge in [-0.3, -0.25) is 4.79 Å². The van der Waals surface area contributed by atoms with Gasteiger partial charge in [0.05, 0.1) is 24.7 Å². The second kappa shape index (κ2) is 9.82. The third kappa shape index (κ3) is 5.54. The van der Waals surface area contributed by atoms with E-state index < -0.39 is 20.2 Å². The molecule has 0 aromatic carbocycles. The Balaban J connectivity index is 1.52. The van der Waals surface area contributed by atoms with Crippen LogP contribution in [0.4, 0.5) is 10.2 Å². The van der Waals surface area contributed by atoms with E-state index in [9.17, 15) is 9.18 Å². The zero-order chi connectivity index (χ0) is 25.4. The quantitative estimate of drug-likeness (QED) is 0.279. The van der Waals surface area contributed by atoms with Gasteiger partial charge in [0.25, 0.3) is 0 Å². The van der Waals surface area contributed by atoms with Gasteiger partial charge in [0.15, 0.2) is 0 Å². The van der Waals surface area contributed by atoms with E-state index in [-0.39, 0.29) is 18.4 Å². The molecule has 2 fully saturated rings. The van der Waals surface area contributed by atoms with Crippen molar-refractivity contribution in [3.63, 3.8) is 0 Å². The topological polar surface area (TPSA) is 87.5 Å². The van der Waals surface area contributed by atoms with Gasteiger partial charge in [-0.1, -0.05) is 19.6 Å². The second-order valence-electron chi connectivity index (χ2n) is 10.8. The molecule has 2 saturated carbocycles. The van der Waals surface area contributed by atoms with Crippen molar-refractivity contribution in [2.45, 2.75) is 64.0 Å². The molecule has 3 aromatic rings. The van der Waals surface area contributed by atoms with Crippen molar-refractivity contribution in [2.24, 2.45) is 5.92 Å². The van der Waals surface area contributed by atoms with E-state index in [2.05, 4.69) is 29.9 Å². The molecule has 10 heteroatoms. The van der Waals surface area contributed by atoms with Crippen LogP contribution in [0, 0.1) is 5.92 Å². The molecule has 0 radical (unpaired) electrons. The lowest BCUT2D eigenvalue weighted by molar-refractivity contribution is -0.117. The molecule has 2 unspecified atom stereocenters. The number of methoxy groups -OCH3 is 1. The minimum atomic E-state index is -1.23. The average Bonchev–Trinajstić information content (AvgIpc) is 3.75. The maximum Gasteiger partial charge on any atom is 0.231 e. The average molecular weight is 513 g/mol. The molecule has 5 rings (SSSR count). The van der Waals surface area contributed by atoms with E-state index in [1.165, 1.54) is 0 Å². The Bertz CT molecular complexity index is 1270. The summed E-state index contributed by atoms with van der Waals surface area (Å²) in [5.41, 5.74) is 2.26. The van der Waals surface area contributed by atoms with Crippen LogP contribution in [-0.4, -0.2) is 54.5 Å². The van der Waals surface area contributed by atoms with Crippen molar-refractivity contribution in [1.82, 2.24) is 14.5 Å². The number of alkyl halides is 1. The molecule has 0 spiro atoms. The van der Waals surface area contributed by atoms with E-state index >= 15 is 0 Å². The van der Waals surface area contributed by atoms with Gasteiger partial charge < -0.3 is 24.1 Å². The first-order chi connectivity index (χ1) is 17.2. The van der Waals surface area contributed by atoms with Crippen molar-refractivity contribution in [3.05, 3.63) is 30.6 Å². The molecule has 2 aliphatic rings. The summed E-state index contributed by atoms with van der Waals surface area (Å²) < 4.78 is 33.1. The zero-order valence-electron chi connectivity index (χ0n) is 21.2. The maximum atomic E-state index is 13.4. The fraction of sp³-hybridized carbons (Fsp3) is 0.500. The van der Waals surface area contributed by atoms with Gasteiger partial charge in [-0.25, -0.2) is 14.4 Å². The predicted octanol–water partition coefficient (Wildman–Crippen LogP) is 5.26. The van der Waals surface area contributed by atoms with Crippen molar-refractivity contribution < 1.29 is 23.4 Å². The Kier molecular flexibility index (Phi) is 6.73. The Morgan fingerprint density at radius 1 is 1.25 bits per heavy atom. The molecule has 2 aliphatic carbocycles. The third-order valence-corrected chi connectivity index (χ3v) is 8.11. The van der Waals surface area contributed by atoms with Crippen LogP contribution in [0.2, 0.25) is 25.7 Å². The van der Waals surface area contributed by atoms with Crippen LogP contribution >= 0.6 is 0 Å². The molecule has 3 aromatic heterocycles. The van der Waals surface area contributed by atoms with Gasteiger partial charge in [-0.15, -0.1) is 0 Å². The lowest BCUT2D eigenvalue weighted by atomic mass is 10.1. The first-order valence-electron chi connectivity index (χ1n) is 12.5. The lowest BCUT2D eigenvalue weighted by Gasteiger charge is -2.15. The van der Waals surface area contributed by atoms with Gasteiger partial charge in [0, 0.05) is 38.0 Å². The number of carbonyl (C=O) groups excluding carboxylic acids is 1. The van der Waals surface area contributed by atoms with Crippen molar-refractivity contribution in [3.8, 4) is 22.8 Å². The summed E-state index contributed by atoms with van der Waals surface area (Å²) >= 11 is 0. The molecule has 8 nitrogen and oxygen atoms in total. The van der Waals surface area contributed by atoms with Crippen LogP contribution in [0.25, 0.3) is 22.2 Å². The first-order valence-corrected chi connectivity index (χ1v) is 16.2. The lowest BCUT2D eigenvalue weighted by Crippen LogP contribution is -2.22. The molecular formula is C26H33FN4O4Si. The van der Waals surface area contributed by atoms with E-state index in [1.54, 1.807) is 19.4 Å². The molecule has 36 heavy (non-hydrogen) atoms. The number of carbonyl (C=O) groups is 1. The molecule has 2 atom stereocenters. The van der Waals surface area contributed by atoms with Crippen LogP contribution in [0.15, 0.2) is 30.6 Å². The third-order valence-electron chi connectivity index (χ3n) is 6.41. The maximum absolute atomic E-state index is 13.4.